The maximum atomic E-state index is 5.81. The molecule has 0 aliphatic carbocycles. The fraction of sp³-hybridized carbons (Fsp3) is 0.583. The first kappa shape index (κ1) is 14.9. The molecule has 2 N–H and O–H groups in total. The van der Waals surface area contributed by atoms with E-state index in [0.717, 1.165) is 24.1 Å². The number of halogens is 2. The second-order valence-electron chi connectivity index (χ2n) is 4.37. The molecule has 1 atom stereocenters. The van der Waals surface area contributed by atoms with E-state index < -0.39 is 0 Å². The van der Waals surface area contributed by atoms with Crippen molar-refractivity contribution in [3.63, 3.8) is 0 Å². The predicted octanol–water partition coefficient (Wildman–Crippen LogP) is 2.58. The lowest BCUT2D eigenvalue weighted by Crippen LogP contribution is -2.43. The van der Waals surface area contributed by atoms with Crippen LogP contribution in [0, 0.1) is 0 Å². The molecule has 1 aromatic heterocycles. The monoisotopic (exact) mass is 319 g/mol. The van der Waals surface area contributed by atoms with Gasteiger partial charge in [-0.1, -0.05) is 6.42 Å². The molecule has 0 aromatic carbocycles. The van der Waals surface area contributed by atoms with E-state index in [1.807, 2.05) is 12.4 Å². The highest BCUT2D eigenvalue weighted by molar-refractivity contribution is 9.10. The van der Waals surface area contributed by atoms with Gasteiger partial charge in [-0.15, -0.1) is 12.4 Å². The Bertz CT molecular complexity index is 348. The molecule has 3 nitrogen and oxygen atoms in total. The van der Waals surface area contributed by atoms with Crippen LogP contribution in [-0.2, 0) is 6.54 Å². The summed E-state index contributed by atoms with van der Waals surface area (Å²) in [7, 11) is 0. The van der Waals surface area contributed by atoms with Gasteiger partial charge in [0.15, 0.2) is 0 Å². The van der Waals surface area contributed by atoms with E-state index in [2.05, 4.69) is 31.9 Å². The van der Waals surface area contributed by atoms with Gasteiger partial charge in [-0.2, -0.15) is 0 Å². The third kappa shape index (κ3) is 4.21. The zero-order valence-electron chi connectivity index (χ0n) is 9.81. The number of nitrogens with zero attached hydrogens (tertiary/aromatic N) is 2. The van der Waals surface area contributed by atoms with Gasteiger partial charge in [0.1, 0.15) is 0 Å². The summed E-state index contributed by atoms with van der Waals surface area (Å²) in [5.41, 5.74) is 7.07. The van der Waals surface area contributed by atoms with Crippen molar-refractivity contribution in [2.45, 2.75) is 31.8 Å². The van der Waals surface area contributed by atoms with E-state index in [4.69, 9.17) is 5.73 Å². The fourth-order valence-corrected chi connectivity index (χ4v) is 2.72. The summed E-state index contributed by atoms with van der Waals surface area (Å²) in [5, 5.41) is 0. The predicted molar refractivity (Wildman–Crippen MR) is 76.3 cm³/mol. The summed E-state index contributed by atoms with van der Waals surface area (Å²) >= 11 is 3.45. The van der Waals surface area contributed by atoms with Crippen LogP contribution in [0.3, 0.4) is 0 Å². The zero-order chi connectivity index (χ0) is 11.4. The van der Waals surface area contributed by atoms with Gasteiger partial charge in [-0.25, -0.2) is 0 Å². The number of piperidine rings is 1. The van der Waals surface area contributed by atoms with Crippen LogP contribution in [0.4, 0.5) is 0 Å². The number of rotatable bonds is 3. The second kappa shape index (κ2) is 7.31. The van der Waals surface area contributed by atoms with E-state index in [1.54, 1.807) is 0 Å². The van der Waals surface area contributed by atoms with Gasteiger partial charge >= 0.3 is 0 Å². The van der Waals surface area contributed by atoms with Crippen LogP contribution in [0.15, 0.2) is 22.9 Å². The number of pyridine rings is 1. The molecule has 96 valence electrons. The summed E-state index contributed by atoms with van der Waals surface area (Å²) in [4.78, 5) is 6.67. The van der Waals surface area contributed by atoms with Gasteiger partial charge in [-0.3, -0.25) is 9.88 Å². The summed E-state index contributed by atoms with van der Waals surface area (Å²) < 4.78 is 1.05. The number of hydrogen-bond acceptors (Lipinski definition) is 3. The van der Waals surface area contributed by atoms with Crippen LogP contribution in [0.1, 0.15) is 24.8 Å². The summed E-state index contributed by atoms with van der Waals surface area (Å²) in [6.07, 6.45) is 7.60. The molecule has 1 unspecified atom stereocenters. The van der Waals surface area contributed by atoms with Crippen molar-refractivity contribution in [2.24, 2.45) is 5.73 Å². The summed E-state index contributed by atoms with van der Waals surface area (Å²) in [6, 6.07) is 2.68. The number of nitrogens with two attached hydrogens (primary N) is 1. The highest BCUT2D eigenvalue weighted by atomic mass is 79.9. The Morgan fingerprint density at radius 3 is 2.94 bits per heavy atom. The molecule has 5 heteroatoms. The topological polar surface area (TPSA) is 42.1 Å². The standard InChI is InChI=1S/C12H18BrN3.ClH/c13-11-5-10(7-15-8-11)9-16-4-2-1-3-12(16)6-14;/h5,7-8,12H,1-4,6,9,14H2;1H. The maximum Gasteiger partial charge on any atom is 0.0410 e. The Morgan fingerprint density at radius 1 is 1.41 bits per heavy atom. The van der Waals surface area contributed by atoms with Crippen molar-refractivity contribution < 1.29 is 0 Å². The van der Waals surface area contributed by atoms with Gasteiger partial charge in [0.05, 0.1) is 0 Å². The molecule has 1 fully saturated rings. The molecule has 2 rings (SSSR count). The zero-order valence-corrected chi connectivity index (χ0v) is 12.2. The third-order valence-corrected chi connectivity index (χ3v) is 3.60. The lowest BCUT2D eigenvalue weighted by atomic mass is 10.0. The van der Waals surface area contributed by atoms with Crippen LogP contribution in [0.5, 0.6) is 0 Å². The minimum absolute atomic E-state index is 0. The van der Waals surface area contributed by atoms with Crippen molar-refractivity contribution in [2.75, 3.05) is 13.1 Å². The number of likely N-dealkylation sites (tertiary alicyclic amines) is 1. The van der Waals surface area contributed by atoms with Crippen molar-refractivity contribution >= 4 is 28.3 Å². The summed E-state index contributed by atoms with van der Waals surface area (Å²) in [6.45, 7) is 2.89. The molecule has 1 aliphatic heterocycles. The third-order valence-electron chi connectivity index (χ3n) is 3.17. The van der Waals surface area contributed by atoms with Crippen LogP contribution in [0.2, 0.25) is 0 Å². The van der Waals surface area contributed by atoms with Crippen LogP contribution in [-0.4, -0.2) is 29.0 Å². The normalized spacial score (nSPS) is 20.9. The highest BCUT2D eigenvalue weighted by Crippen LogP contribution is 2.19. The molecule has 0 bridgehead atoms. The quantitative estimate of drug-likeness (QED) is 0.931. The van der Waals surface area contributed by atoms with Crippen LogP contribution in [0.25, 0.3) is 0 Å². The first-order valence-corrected chi connectivity index (χ1v) is 6.62. The van der Waals surface area contributed by atoms with Crippen molar-refractivity contribution in [3.8, 4) is 0 Å². The molecule has 2 heterocycles. The second-order valence-corrected chi connectivity index (χ2v) is 5.28. The van der Waals surface area contributed by atoms with E-state index in [-0.39, 0.29) is 12.4 Å². The number of hydrogen-bond donors (Lipinski definition) is 1. The summed E-state index contributed by atoms with van der Waals surface area (Å²) in [5.74, 6) is 0. The van der Waals surface area contributed by atoms with Crippen LogP contribution < -0.4 is 5.73 Å². The van der Waals surface area contributed by atoms with Gasteiger partial charge in [0.2, 0.25) is 0 Å². The first-order valence-electron chi connectivity index (χ1n) is 5.83. The molecule has 0 amide bonds. The van der Waals surface area contributed by atoms with Gasteiger partial charge in [0, 0.05) is 36.0 Å². The van der Waals surface area contributed by atoms with E-state index in [1.165, 1.54) is 24.8 Å². The van der Waals surface area contributed by atoms with Gasteiger partial charge in [-0.05, 0) is 46.9 Å². The molecule has 17 heavy (non-hydrogen) atoms. The van der Waals surface area contributed by atoms with Gasteiger partial charge < -0.3 is 5.73 Å². The minimum atomic E-state index is 0. The Hall–Kier alpha value is -0.160. The lowest BCUT2D eigenvalue weighted by molar-refractivity contribution is 0.144. The SMILES string of the molecule is Cl.NCC1CCCCN1Cc1cncc(Br)c1. The molecule has 1 saturated heterocycles. The maximum absolute atomic E-state index is 5.81. The smallest absolute Gasteiger partial charge is 0.0410 e. The average Bonchev–Trinajstić information content (AvgIpc) is 2.30. The Morgan fingerprint density at radius 2 is 2.24 bits per heavy atom. The Kier molecular flexibility index (Phi) is 6.41. The lowest BCUT2D eigenvalue weighted by Gasteiger charge is -2.34. The van der Waals surface area contributed by atoms with E-state index in [0.29, 0.717) is 6.04 Å². The Balaban J connectivity index is 0.00000144. The molecule has 0 radical (unpaired) electrons. The minimum Gasteiger partial charge on any atom is -0.329 e. The molecule has 1 aromatic rings. The average molecular weight is 321 g/mol. The van der Waals surface area contributed by atoms with Gasteiger partial charge in [0.25, 0.3) is 0 Å². The molecule has 0 spiro atoms. The van der Waals surface area contributed by atoms with E-state index in [9.17, 15) is 0 Å². The molecule has 1 aliphatic rings. The molecular formula is C12H19BrClN3. The largest absolute Gasteiger partial charge is 0.329 e. The van der Waals surface area contributed by atoms with Crippen LogP contribution >= 0.6 is 28.3 Å². The Labute approximate surface area is 117 Å². The van der Waals surface area contributed by atoms with Crippen molar-refractivity contribution in [3.05, 3.63) is 28.5 Å². The highest BCUT2D eigenvalue weighted by Gasteiger charge is 2.20. The van der Waals surface area contributed by atoms with E-state index >= 15 is 0 Å². The first-order chi connectivity index (χ1) is 7.79. The van der Waals surface area contributed by atoms with Crippen molar-refractivity contribution in [1.29, 1.82) is 0 Å². The fourth-order valence-electron chi connectivity index (χ4n) is 2.31. The number of aromatic nitrogens is 1. The van der Waals surface area contributed by atoms with Crippen molar-refractivity contribution in [1.82, 2.24) is 9.88 Å². The molecule has 0 saturated carbocycles. The molecular weight excluding hydrogens is 302 g/mol.